The second-order valence-corrected chi connectivity index (χ2v) is 4.12. The molecule has 0 saturated carbocycles. The van der Waals surface area contributed by atoms with Gasteiger partial charge >= 0.3 is 5.97 Å². The van der Waals surface area contributed by atoms with Crippen LogP contribution in [0.3, 0.4) is 0 Å². The molecule has 18 heavy (non-hydrogen) atoms. The molecule has 1 saturated heterocycles. The van der Waals surface area contributed by atoms with Crippen LogP contribution in [-0.2, 0) is 14.3 Å². The molecule has 1 amide bonds. The van der Waals surface area contributed by atoms with E-state index in [4.69, 9.17) is 0 Å². The zero-order chi connectivity index (χ0) is 13.3. The summed E-state index contributed by atoms with van der Waals surface area (Å²) in [5.74, 6) is -0.460. The normalized spacial score (nSPS) is 19.1. The molecule has 1 aliphatic rings. The summed E-state index contributed by atoms with van der Waals surface area (Å²) in [7, 11) is 1.28. The summed E-state index contributed by atoms with van der Waals surface area (Å²) in [6.07, 6.45) is 0.0835. The summed E-state index contributed by atoms with van der Waals surface area (Å²) in [6.45, 7) is 1.82. The SMILES string of the molecule is COC(=O)C1CC(=O)N(c2cc(=O)[nH]c(C)n2)C1. The van der Waals surface area contributed by atoms with E-state index < -0.39 is 11.9 Å². The zero-order valence-electron chi connectivity index (χ0n) is 10.1. The molecule has 96 valence electrons. The van der Waals surface area contributed by atoms with E-state index in [1.807, 2.05) is 0 Å². The van der Waals surface area contributed by atoms with Crippen molar-refractivity contribution in [1.29, 1.82) is 0 Å². The number of nitrogens with one attached hydrogen (secondary N) is 1. The number of aromatic amines is 1. The van der Waals surface area contributed by atoms with Gasteiger partial charge in [-0.3, -0.25) is 19.3 Å². The van der Waals surface area contributed by atoms with Crippen LogP contribution < -0.4 is 10.5 Å². The third kappa shape index (κ3) is 2.24. The number of hydrogen-bond donors (Lipinski definition) is 1. The van der Waals surface area contributed by atoms with E-state index in [0.29, 0.717) is 5.82 Å². The summed E-state index contributed by atoms with van der Waals surface area (Å²) in [6, 6.07) is 1.24. The van der Waals surface area contributed by atoms with Crippen molar-refractivity contribution in [3.63, 3.8) is 0 Å². The predicted molar refractivity (Wildman–Crippen MR) is 62.1 cm³/mol. The van der Waals surface area contributed by atoms with Crippen LogP contribution in [0.1, 0.15) is 12.2 Å². The number of hydrogen-bond acceptors (Lipinski definition) is 5. The van der Waals surface area contributed by atoms with E-state index in [-0.39, 0.29) is 30.2 Å². The Morgan fingerprint density at radius 3 is 2.89 bits per heavy atom. The van der Waals surface area contributed by atoms with Crippen LogP contribution in [0.5, 0.6) is 0 Å². The standard InChI is InChI=1S/C11H13N3O4/c1-6-12-8(4-9(15)13-6)14-5-7(3-10(14)16)11(17)18-2/h4,7H,3,5H2,1-2H3,(H,12,13,15). The maximum Gasteiger partial charge on any atom is 0.311 e. The van der Waals surface area contributed by atoms with E-state index in [9.17, 15) is 14.4 Å². The van der Waals surface area contributed by atoms with Crippen molar-refractivity contribution < 1.29 is 14.3 Å². The minimum atomic E-state index is -0.496. The first-order valence-corrected chi connectivity index (χ1v) is 5.47. The Morgan fingerprint density at radius 2 is 2.28 bits per heavy atom. The second kappa shape index (κ2) is 4.59. The molecule has 1 fully saturated rings. The Balaban J connectivity index is 2.27. The van der Waals surface area contributed by atoms with Gasteiger partial charge in [-0.25, -0.2) is 4.98 Å². The topological polar surface area (TPSA) is 92.4 Å². The van der Waals surface area contributed by atoms with Crippen LogP contribution in [0.2, 0.25) is 0 Å². The number of H-pyrrole nitrogens is 1. The highest BCUT2D eigenvalue weighted by atomic mass is 16.5. The number of nitrogens with zero attached hydrogens (tertiary/aromatic N) is 2. The summed E-state index contributed by atoms with van der Waals surface area (Å²) < 4.78 is 4.61. The summed E-state index contributed by atoms with van der Waals surface area (Å²) in [4.78, 5) is 42.4. The Bertz CT molecular complexity index is 551. The monoisotopic (exact) mass is 251 g/mol. The smallest absolute Gasteiger partial charge is 0.311 e. The van der Waals surface area contributed by atoms with Gasteiger partial charge in [0.2, 0.25) is 5.91 Å². The number of amides is 1. The number of esters is 1. The van der Waals surface area contributed by atoms with E-state index >= 15 is 0 Å². The molecule has 0 spiro atoms. The fraction of sp³-hybridized carbons (Fsp3) is 0.455. The summed E-state index contributed by atoms with van der Waals surface area (Å²) in [5, 5.41) is 0. The zero-order valence-corrected chi connectivity index (χ0v) is 10.1. The lowest BCUT2D eigenvalue weighted by Crippen LogP contribution is -2.28. The second-order valence-electron chi connectivity index (χ2n) is 4.12. The largest absolute Gasteiger partial charge is 0.469 e. The molecule has 0 bridgehead atoms. The number of methoxy groups -OCH3 is 1. The van der Waals surface area contributed by atoms with Gasteiger partial charge in [0.1, 0.15) is 11.6 Å². The molecule has 1 aromatic rings. The van der Waals surface area contributed by atoms with Gasteiger partial charge in [-0.15, -0.1) is 0 Å². The maximum absolute atomic E-state index is 11.8. The molecule has 0 aromatic carbocycles. The van der Waals surface area contributed by atoms with Crippen LogP contribution in [0, 0.1) is 12.8 Å². The molecule has 1 aliphatic heterocycles. The lowest BCUT2D eigenvalue weighted by molar-refractivity contribution is -0.145. The van der Waals surface area contributed by atoms with Crippen molar-refractivity contribution in [2.24, 2.45) is 5.92 Å². The molecule has 1 unspecified atom stereocenters. The summed E-state index contributed by atoms with van der Waals surface area (Å²) >= 11 is 0. The van der Waals surface area contributed by atoms with Gasteiger partial charge in [0.05, 0.1) is 13.0 Å². The van der Waals surface area contributed by atoms with Crippen molar-refractivity contribution in [3.05, 3.63) is 22.2 Å². The Kier molecular flexibility index (Phi) is 3.14. The molecular weight excluding hydrogens is 238 g/mol. The molecular formula is C11H13N3O4. The van der Waals surface area contributed by atoms with Crippen LogP contribution >= 0.6 is 0 Å². The van der Waals surface area contributed by atoms with Gasteiger partial charge in [-0.05, 0) is 6.92 Å². The number of carbonyl (C=O) groups excluding carboxylic acids is 2. The maximum atomic E-state index is 11.8. The lowest BCUT2D eigenvalue weighted by Gasteiger charge is -2.14. The third-order valence-corrected chi connectivity index (χ3v) is 2.78. The van der Waals surface area contributed by atoms with Gasteiger partial charge in [-0.2, -0.15) is 0 Å². The number of aromatic nitrogens is 2. The molecule has 1 aromatic heterocycles. The number of carbonyl (C=O) groups is 2. The highest BCUT2D eigenvalue weighted by Crippen LogP contribution is 2.23. The first-order chi connectivity index (χ1) is 8.51. The predicted octanol–water partition coefficient (Wildman–Crippen LogP) is -0.396. The minimum absolute atomic E-state index is 0.0835. The third-order valence-electron chi connectivity index (χ3n) is 2.78. The van der Waals surface area contributed by atoms with Crippen LogP contribution in [0.15, 0.2) is 10.9 Å². The molecule has 0 radical (unpaired) electrons. The highest BCUT2D eigenvalue weighted by molar-refractivity contribution is 5.98. The number of anilines is 1. The fourth-order valence-electron chi connectivity index (χ4n) is 1.96. The Morgan fingerprint density at radius 1 is 1.56 bits per heavy atom. The first-order valence-electron chi connectivity index (χ1n) is 5.47. The number of rotatable bonds is 2. The molecule has 7 heteroatoms. The average Bonchev–Trinajstić information content (AvgIpc) is 2.69. The summed E-state index contributed by atoms with van der Waals surface area (Å²) in [5.41, 5.74) is -0.327. The van der Waals surface area contributed by atoms with Crippen molar-refractivity contribution in [3.8, 4) is 0 Å². The Labute approximate surface area is 103 Å². The highest BCUT2D eigenvalue weighted by Gasteiger charge is 2.36. The molecule has 1 N–H and O–H groups in total. The van der Waals surface area contributed by atoms with Crippen molar-refractivity contribution >= 4 is 17.7 Å². The van der Waals surface area contributed by atoms with E-state index in [1.165, 1.54) is 18.1 Å². The lowest BCUT2D eigenvalue weighted by atomic mass is 10.1. The molecule has 2 rings (SSSR count). The van der Waals surface area contributed by atoms with E-state index in [1.54, 1.807) is 6.92 Å². The number of ether oxygens (including phenoxy) is 1. The minimum Gasteiger partial charge on any atom is -0.469 e. The number of aryl methyl sites for hydroxylation is 1. The van der Waals surface area contributed by atoms with Crippen LogP contribution in [0.4, 0.5) is 5.82 Å². The molecule has 7 nitrogen and oxygen atoms in total. The van der Waals surface area contributed by atoms with Crippen molar-refractivity contribution in [1.82, 2.24) is 9.97 Å². The first kappa shape index (κ1) is 12.3. The molecule has 1 atom stereocenters. The Hall–Kier alpha value is -2.18. The van der Waals surface area contributed by atoms with Crippen molar-refractivity contribution in [2.75, 3.05) is 18.6 Å². The van der Waals surface area contributed by atoms with Gasteiger partial charge in [-0.1, -0.05) is 0 Å². The molecule has 0 aliphatic carbocycles. The fourth-order valence-corrected chi connectivity index (χ4v) is 1.96. The van der Waals surface area contributed by atoms with Gasteiger partial charge < -0.3 is 9.72 Å². The van der Waals surface area contributed by atoms with Gasteiger partial charge in [0.15, 0.2) is 0 Å². The van der Waals surface area contributed by atoms with Gasteiger partial charge in [0.25, 0.3) is 5.56 Å². The van der Waals surface area contributed by atoms with Crippen molar-refractivity contribution in [2.45, 2.75) is 13.3 Å². The van der Waals surface area contributed by atoms with Crippen LogP contribution in [-0.4, -0.2) is 35.5 Å². The van der Waals surface area contributed by atoms with Crippen LogP contribution in [0.25, 0.3) is 0 Å². The average molecular weight is 251 g/mol. The van der Waals surface area contributed by atoms with E-state index in [0.717, 1.165) is 0 Å². The van der Waals surface area contributed by atoms with Gasteiger partial charge in [0, 0.05) is 19.0 Å². The molecule has 2 heterocycles. The van der Waals surface area contributed by atoms with E-state index in [2.05, 4.69) is 14.7 Å². The quantitative estimate of drug-likeness (QED) is 0.722.